The summed E-state index contributed by atoms with van der Waals surface area (Å²) < 4.78 is 4.56. The molecule has 1 N–H and O–H groups in total. The maximum atomic E-state index is 12.5. The van der Waals surface area contributed by atoms with Gasteiger partial charge in [0.2, 0.25) is 0 Å². The number of rotatable bonds is 3. The quantitative estimate of drug-likeness (QED) is 0.833. The van der Waals surface area contributed by atoms with Crippen molar-refractivity contribution in [3.8, 4) is 0 Å². The van der Waals surface area contributed by atoms with Crippen molar-refractivity contribution in [3.63, 3.8) is 0 Å². The first kappa shape index (κ1) is 13.1. The second-order valence-electron chi connectivity index (χ2n) is 5.25. The molecule has 2 aromatic heterocycles. The van der Waals surface area contributed by atoms with E-state index in [1.807, 2.05) is 4.57 Å². The Hall–Kier alpha value is -1.89. The number of fused-ring (bicyclic) bond motifs is 1. The van der Waals surface area contributed by atoms with Crippen LogP contribution in [0.25, 0.3) is 11.2 Å². The molecule has 1 fully saturated rings. The topological polar surface area (TPSA) is 73.8 Å². The molecular weight excluding hydrogens is 258 g/mol. The molecule has 7 heteroatoms. The molecule has 0 saturated carbocycles. The molecular formula is C13H19N5O2. The highest BCUT2D eigenvalue weighted by atomic mass is 16.2. The number of nitrogens with zero attached hydrogens (tertiary/aromatic N) is 4. The minimum atomic E-state index is -0.311. The fourth-order valence-corrected chi connectivity index (χ4v) is 2.89. The van der Waals surface area contributed by atoms with Crippen LogP contribution in [0.1, 0.15) is 19.8 Å². The van der Waals surface area contributed by atoms with Crippen LogP contribution in [0.3, 0.4) is 0 Å². The summed E-state index contributed by atoms with van der Waals surface area (Å²) in [4.78, 5) is 28.8. The zero-order valence-corrected chi connectivity index (χ0v) is 11.8. The average Bonchev–Trinajstić information content (AvgIpc) is 3.07. The number of aromatic nitrogens is 4. The predicted octanol–water partition coefficient (Wildman–Crippen LogP) is -0.331. The van der Waals surface area contributed by atoms with E-state index in [4.69, 9.17) is 0 Å². The lowest BCUT2D eigenvalue weighted by Crippen LogP contribution is -2.39. The highest BCUT2D eigenvalue weighted by Crippen LogP contribution is 2.11. The third kappa shape index (κ3) is 1.89. The molecule has 7 nitrogen and oxygen atoms in total. The number of imidazole rings is 1. The summed E-state index contributed by atoms with van der Waals surface area (Å²) >= 11 is 0. The van der Waals surface area contributed by atoms with Crippen LogP contribution in [0.15, 0.2) is 15.9 Å². The van der Waals surface area contributed by atoms with Crippen LogP contribution < -0.4 is 16.6 Å². The third-order valence-electron chi connectivity index (χ3n) is 4.00. The van der Waals surface area contributed by atoms with E-state index in [-0.39, 0.29) is 11.2 Å². The van der Waals surface area contributed by atoms with Gasteiger partial charge in [-0.2, -0.15) is 0 Å². The SMILES string of the molecule is CCn1c(=O)c2c(ncn2CC2CCCN2)n(C)c1=O. The Kier molecular flexibility index (Phi) is 3.21. The Morgan fingerprint density at radius 2 is 2.25 bits per heavy atom. The molecule has 1 saturated heterocycles. The van der Waals surface area contributed by atoms with Crippen molar-refractivity contribution < 1.29 is 0 Å². The number of hydrogen-bond donors (Lipinski definition) is 1. The molecule has 1 unspecified atom stereocenters. The maximum absolute atomic E-state index is 12.5. The molecule has 0 amide bonds. The molecule has 0 aliphatic carbocycles. The lowest BCUT2D eigenvalue weighted by atomic mass is 10.2. The first-order chi connectivity index (χ1) is 9.63. The summed E-state index contributed by atoms with van der Waals surface area (Å²) in [6.45, 7) is 3.91. The van der Waals surface area contributed by atoms with Gasteiger partial charge >= 0.3 is 5.69 Å². The van der Waals surface area contributed by atoms with Crippen LogP contribution in [-0.2, 0) is 20.1 Å². The van der Waals surface area contributed by atoms with E-state index in [9.17, 15) is 9.59 Å². The number of hydrogen-bond acceptors (Lipinski definition) is 4. The van der Waals surface area contributed by atoms with Crippen molar-refractivity contribution in [3.05, 3.63) is 27.2 Å². The molecule has 2 aromatic rings. The largest absolute Gasteiger partial charge is 0.332 e. The fraction of sp³-hybridized carbons (Fsp3) is 0.615. The van der Waals surface area contributed by atoms with Crippen molar-refractivity contribution in [2.24, 2.45) is 7.05 Å². The molecule has 1 aliphatic heterocycles. The van der Waals surface area contributed by atoms with Crippen LogP contribution in [0.4, 0.5) is 0 Å². The van der Waals surface area contributed by atoms with Crippen molar-refractivity contribution in [1.29, 1.82) is 0 Å². The van der Waals surface area contributed by atoms with E-state index in [1.165, 1.54) is 9.13 Å². The summed E-state index contributed by atoms with van der Waals surface area (Å²) in [6.07, 6.45) is 3.92. The molecule has 3 rings (SSSR count). The van der Waals surface area contributed by atoms with E-state index < -0.39 is 0 Å². The lowest BCUT2D eigenvalue weighted by Gasteiger charge is -2.12. The Labute approximate surface area is 115 Å². The van der Waals surface area contributed by atoms with Gasteiger partial charge in [0.15, 0.2) is 11.2 Å². The second kappa shape index (κ2) is 4.90. The highest BCUT2D eigenvalue weighted by Gasteiger charge is 2.19. The minimum absolute atomic E-state index is 0.249. The van der Waals surface area contributed by atoms with Gasteiger partial charge in [-0.15, -0.1) is 0 Å². The molecule has 3 heterocycles. The Morgan fingerprint density at radius 1 is 1.45 bits per heavy atom. The lowest BCUT2D eigenvalue weighted by molar-refractivity contribution is 0.514. The third-order valence-corrected chi connectivity index (χ3v) is 4.00. The number of nitrogens with one attached hydrogen (secondary N) is 1. The fourth-order valence-electron chi connectivity index (χ4n) is 2.89. The molecule has 0 bridgehead atoms. The average molecular weight is 277 g/mol. The van der Waals surface area contributed by atoms with Crippen LogP contribution in [-0.4, -0.2) is 31.3 Å². The van der Waals surface area contributed by atoms with Crippen molar-refractivity contribution in [2.75, 3.05) is 6.54 Å². The maximum Gasteiger partial charge on any atom is 0.332 e. The summed E-state index contributed by atoms with van der Waals surface area (Å²) in [5.41, 5.74) is 0.417. The van der Waals surface area contributed by atoms with E-state index >= 15 is 0 Å². The first-order valence-electron chi connectivity index (χ1n) is 7.01. The summed E-state index contributed by atoms with van der Waals surface area (Å²) in [5.74, 6) is 0. The van der Waals surface area contributed by atoms with E-state index in [1.54, 1.807) is 20.3 Å². The monoisotopic (exact) mass is 277 g/mol. The molecule has 0 radical (unpaired) electrons. The van der Waals surface area contributed by atoms with Gasteiger partial charge in [0.1, 0.15) is 0 Å². The van der Waals surface area contributed by atoms with Crippen LogP contribution in [0.2, 0.25) is 0 Å². The summed E-state index contributed by atoms with van der Waals surface area (Å²) in [7, 11) is 1.65. The summed E-state index contributed by atoms with van der Waals surface area (Å²) in [6, 6.07) is 0.374. The van der Waals surface area contributed by atoms with Crippen molar-refractivity contribution in [2.45, 2.75) is 38.9 Å². The Morgan fingerprint density at radius 3 is 2.90 bits per heavy atom. The van der Waals surface area contributed by atoms with Gasteiger partial charge in [-0.05, 0) is 26.3 Å². The zero-order chi connectivity index (χ0) is 14.3. The minimum Gasteiger partial charge on any atom is -0.323 e. The molecule has 0 aromatic carbocycles. The van der Waals surface area contributed by atoms with Crippen molar-refractivity contribution >= 4 is 11.2 Å². The molecule has 1 atom stereocenters. The standard InChI is InChI=1S/C13H19N5O2/c1-3-18-12(19)10-11(16(2)13(18)20)15-8-17(10)7-9-5-4-6-14-9/h8-9,14H,3-7H2,1-2H3. The molecule has 108 valence electrons. The van der Waals surface area contributed by atoms with E-state index in [0.29, 0.717) is 30.3 Å². The predicted molar refractivity (Wildman–Crippen MR) is 75.9 cm³/mol. The molecule has 1 aliphatic rings. The summed E-state index contributed by atoms with van der Waals surface area (Å²) in [5, 5.41) is 3.41. The zero-order valence-electron chi connectivity index (χ0n) is 11.8. The van der Waals surface area contributed by atoms with Crippen LogP contribution >= 0.6 is 0 Å². The first-order valence-corrected chi connectivity index (χ1v) is 7.01. The van der Waals surface area contributed by atoms with Gasteiger partial charge in [0, 0.05) is 26.2 Å². The van der Waals surface area contributed by atoms with Crippen LogP contribution in [0.5, 0.6) is 0 Å². The van der Waals surface area contributed by atoms with Gasteiger partial charge < -0.3 is 9.88 Å². The van der Waals surface area contributed by atoms with Gasteiger partial charge in [-0.3, -0.25) is 13.9 Å². The Balaban J connectivity index is 2.17. The van der Waals surface area contributed by atoms with Gasteiger partial charge in [-0.25, -0.2) is 9.78 Å². The molecule has 0 spiro atoms. The molecule has 20 heavy (non-hydrogen) atoms. The van der Waals surface area contributed by atoms with Crippen LogP contribution in [0, 0.1) is 0 Å². The van der Waals surface area contributed by atoms with Gasteiger partial charge in [-0.1, -0.05) is 0 Å². The van der Waals surface area contributed by atoms with Gasteiger partial charge in [0.05, 0.1) is 6.33 Å². The van der Waals surface area contributed by atoms with E-state index in [2.05, 4.69) is 10.3 Å². The van der Waals surface area contributed by atoms with Gasteiger partial charge in [0.25, 0.3) is 5.56 Å². The normalized spacial score (nSPS) is 19.0. The smallest absolute Gasteiger partial charge is 0.323 e. The highest BCUT2D eigenvalue weighted by molar-refractivity contribution is 5.69. The number of aryl methyl sites for hydroxylation is 1. The Bertz CT molecular complexity index is 748. The van der Waals surface area contributed by atoms with Crippen molar-refractivity contribution in [1.82, 2.24) is 24.0 Å². The second-order valence-corrected chi connectivity index (χ2v) is 5.25. The van der Waals surface area contributed by atoms with E-state index in [0.717, 1.165) is 19.4 Å².